The number of halogens is 3. The number of nitrogens with zero attached hydrogens (tertiary/aromatic N) is 3. The molecule has 0 fully saturated rings. The van der Waals surface area contributed by atoms with Crippen LogP contribution in [0.15, 0.2) is 52.1 Å². The molecule has 0 unspecified atom stereocenters. The van der Waals surface area contributed by atoms with Gasteiger partial charge in [0.25, 0.3) is 0 Å². The molecule has 0 saturated heterocycles. The summed E-state index contributed by atoms with van der Waals surface area (Å²) in [6, 6.07) is 12.9. The Balaban J connectivity index is 2.13. The molecule has 0 spiro atoms. The van der Waals surface area contributed by atoms with Gasteiger partial charge in [-0.25, -0.2) is 0 Å². The average molecular weight is 473 g/mol. The highest BCUT2D eigenvalue weighted by Gasteiger charge is 2.19. The molecule has 1 heterocycles. The van der Waals surface area contributed by atoms with Gasteiger partial charge in [0.1, 0.15) is 0 Å². The molecule has 5 nitrogen and oxygen atoms in total. The molecule has 0 saturated carbocycles. The molecular weight excluding hydrogens is 461 g/mol. The molecule has 0 amide bonds. The summed E-state index contributed by atoms with van der Waals surface area (Å²) in [4.78, 5) is 11.5. The Morgan fingerprint density at radius 3 is 2.65 bits per heavy atom. The van der Waals surface area contributed by atoms with Crippen molar-refractivity contribution in [3.8, 4) is 17.1 Å². The fourth-order valence-corrected chi connectivity index (χ4v) is 3.76. The number of thioether (sulfide) groups is 1. The maximum atomic E-state index is 11.5. The summed E-state index contributed by atoms with van der Waals surface area (Å²) in [5.41, 5.74) is 1.60. The van der Waals surface area contributed by atoms with Crippen LogP contribution in [0, 0.1) is 0 Å². The third-order valence-corrected chi connectivity index (χ3v) is 5.79. The van der Waals surface area contributed by atoms with Gasteiger partial charge >= 0.3 is 5.97 Å². The molecule has 0 atom stereocenters. The fraction of sp³-hybridized carbons (Fsp3) is 0.118. The Hall–Kier alpha value is -1.54. The number of carbonyl (C=O) groups is 1. The number of ether oxygens (including phenoxy) is 1. The van der Waals surface area contributed by atoms with E-state index in [-0.39, 0.29) is 11.7 Å². The first-order valence-electron chi connectivity index (χ1n) is 7.36. The second-order valence-electron chi connectivity index (χ2n) is 5.08. The lowest BCUT2D eigenvalue weighted by Crippen LogP contribution is -2.05. The standard InChI is InChI=1S/C17H12BrCl2N3O2S/c1-25-15(24)9-26-17-22-21-16(11-4-2-3-5-12(11)18)23(17)10-6-7-13(19)14(20)8-10/h2-8H,9H2,1H3. The van der Waals surface area contributed by atoms with E-state index in [0.717, 1.165) is 15.7 Å². The van der Waals surface area contributed by atoms with E-state index in [0.29, 0.717) is 21.0 Å². The van der Waals surface area contributed by atoms with Crippen molar-refractivity contribution in [1.82, 2.24) is 14.8 Å². The van der Waals surface area contributed by atoms with Gasteiger partial charge in [-0.1, -0.05) is 69.1 Å². The largest absolute Gasteiger partial charge is 0.468 e. The number of rotatable bonds is 5. The predicted octanol–water partition coefficient (Wildman–Crippen LogP) is 5.27. The van der Waals surface area contributed by atoms with E-state index in [1.807, 2.05) is 34.9 Å². The van der Waals surface area contributed by atoms with Crippen molar-refractivity contribution in [3.63, 3.8) is 0 Å². The maximum Gasteiger partial charge on any atom is 0.316 e. The van der Waals surface area contributed by atoms with Crippen LogP contribution < -0.4 is 0 Å². The van der Waals surface area contributed by atoms with Crippen LogP contribution in [0.25, 0.3) is 17.1 Å². The van der Waals surface area contributed by atoms with E-state index in [4.69, 9.17) is 27.9 Å². The highest BCUT2D eigenvalue weighted by molar-refractivity contribution is 9.10. The molecule has 0 aliphatic heterocycles. The number of benzene rings is 2. The smallest absolute Gasteiger partial charge is 0.316 e. The van der Waals surface area contributed by atoms with Gasteiger partial charge in [0, 0.05) is 10.0 Å². The fourth-order valence-electron chi connectivity index (χ4n) is 2.22. The SMILES string of the molecule is COC(=O)CSc1nnc(-c2ccccc2Br)n1-c1ccc(Cl)c(Cl)c1. The van der Waals surface area contributed by atoms with E-state index in [1.165, 1.54) is 18.9 Å². The molecule has 1 aromatic heterocycles. The molecule has 0 bridgehead atoms. The molecule has 3 aromatic rings. The van der Waals surface area contributed by atoms with Crippen molar-refractivity contribution >= 4 is 56.9 Å². The predicted molar refractivity (Wildman–Crippen MR) is 107 cm³/mol. The summed E-state index contributed by atoms with van der Waals surface area (Å²) >= 11 is 17.0. The highest BCUT2D eigenvalue weighted by atomic mass is 79.9. The van der Waals surface area contributed by atoms with E-state index in [1.54, 1.807) is 12.1 Å². The van der Waals surface area contributed by atoms with E-state index < -0.39 is 0 Å². The van der Waals surface area contributed by atoms with Crippen LogP contribution in [-0.4, -0.2) is 33.6 Å². The van der Waals surface area contributed by atoms with Gasteiger partial charge < -0.3 is 4.74 Å². The van der Waals surface area contributed by atoms with Crippen LogP contribution in [0.1, 0.15) is 0 Å². The molecule has 0 aliphatic carbocycles. The molecule has 2 aromatic carbocycles. The van der Waals surface area contributed by atoms with Gasteiger partial charge in [-0.3, -0.25) is 9.36 Å². The highest BCUT2D eigenvalue weighted by Crippen LogP contribution is 2.34. The van der Waals surface area contributed by atoms with E-state index in [9.17, 15) is 4.79 Å². The molecule has 134 valence electrons. The third-order valence-electron chi connectivity index (χ3n) is 3.46. The Labute approximate surface area is 172 Å². The zero-order valence-electron chi connectivity index (χ0n) is 13.4. The number of hydrogen-bond donors (Lipinski definition) is 0. The van der Waals surface area contributed by atoms with Crippen molar-refractivity contribution in [2.45, 2.75) is 5.16 Å². The van der Waals surface area contributed by atoms with Crippen LogP contribution in [-0.2, 0) is 9.53 Å². The van der Waals surface area contributed by atoms with Gasteiger partial charge in [0.05, 0.1) is 28.6 Å². The third kappa shape index (κ3) is 4.06. The Kier molecular flexibility index (Phi) is 6.24. The van der Waals surface area contributed by atoms with Crippen LogP contribution in [0.3, 0.4) is 0 Å². The lowest BCUT2D eigenvalue weighted by atomic mass is 10.2. The number of methoxy groups -OCH3 is 1. The second kappa shape index (κ2) is 8.43. The summed E-state index contributed by atoms with van der Waals surface area (Å²) < 4.78 is 7.40. The van der Waals surface area contributed by atoms with Crippen molar-refractivity contribution in [3.05, 3.63) is 57.0 Å². The quantitative estimate of drug-likeness (QED) is 0.374. The van der Waals surface area contributed by atoms with Crippen molar-refractivity contribution in [1.29, 1.82) is 0 Å². The molecule has 26 heavy (non-hydrogen) atoms. The van der Waals surface area contributed by atoms with Crippen LogP contribution in [0.5, 0.6) is 0 Å². The topological polar surface area (TPSA) is 57.0 Å². The zero-order chi connectivity index (χ0) is 18.7. The van der Waals surface area contributed by atoms with Crippen molar-refractivity contribution in [2.24, 2.45) is 0 Å². The molecule has 0 radical (unpaired) electrons. The summed E-state index contributed by atoms with van der Waals surface area (Å²) in [5.74, 6) is 0.385. The van der Waals surface area contributed by atoms with Crippen LogP contribution in [0.4, 0.5) is 0 Å². The monoisotopic (exact) mass is 471 g/mol. The Morgan fingerprint density at radius 2 is 1.96 bits per heavy atom. The minimum absolute atomic E-state index is 0.117. The number of hydrogen-bond acceptors (Lipinski definition) is 5. The Bertz CT molecular complexity index is 965. The lowest BCUT2D eigenvalue weighted by Gasteiger charge is -2.12. The maximum absolute atomic E-state index is 11.5. The normalized spacial score (nSPS) is 10.8. The Morgan fingerprint density at radius 1 is 1.19 bits per heavy atom. The van der Waals surface area contributed by atoms with Gasteiger partial charge in [0.15, 0.2) is 11.0 Å². The van der Waals surface area contributed by atoms with Crippen molar-refractivity contribution in [2.75, 3.05) is 12.9 Å². The first kappa shape index (κ1) is 19.2. The second-order valence-corrected chi connectivity index (χ2v) is 7.70. The molecular formula is C17H12BrCl2N3O2S. The first-order valence-corrected chi connectivity index (χ1v) is 9.90. The number of aromatic nitrogens is 3. The minimum Gasteiger partial charge on any atom is -0.468 e. The van der Waals surface area contributed by atoms with E-state index in [2.05, 4.69) is 26.1 Å². The first-order chi connectivity index (χ1) is 12.5. The lowest BCUT2D eigenvalue weighted by molar-refractivity contribution is -0.137. The summed E-state index contributed by atoms with van der Waals surface area (Å²) in [5, 5.41) is 9.96. The van der Waals surface area contributed by atoms with Gasteiger partial charge in [-0.05, 0) is 24.3 Å². The minimum atomic E-state index is -0.346. The average Bonchev–Trinajstić information content (AvgIpc) is 3.06. The zero-order valence-corrected chi connectivity index (χ0v) is 17.4. The molecule has 3 rings (SSSR count). The van der Waals surface area contributed by atoms with E-state index >= 15 is 0 Å². The van der Waals surface area contributed by atoms with Gasteiger partial charge in [-0.15, -0.1) is 10.2 Å². The number of carbonyl (C=O) groups excluding carboxylic acids is 1. The summed E-state index contributed by atoms with van der Waals surface area (Å²) in [6.45, 7) is 0. The summed E-state index contributed by atoms with van der Waals surface area (Å²) in [7, 11) is 1.35. The molecule has 9 heteroatoms. The van der Waals surface area contributed by atoms with Crippen LogP contribution in [0.2, 0.25) is 10.0 Å². The van der Waals surface area contributed by atoms with Gasteiger partial charge in [0.2, 0.25) is 0 Å². The van der Waals surface area contributed by atoms with Crippen molar-refractivity contribution < 1.29 is 9.53 Å². The number of esters is 1. The van der Waals surface area contributed by atoms with Crippen LogP contribution >= 0.6 is 50.9 Å². The molecule has 0 aliphatic rings. The summed E-state index contributed by atoms with van der Waals surface area (Å²) in [6.07, 6.45) is 0. The molecule has 0 N–H and O–H groups in total. The van der Waals surface area contributed by atoms with Gasteiger partial charge in [-0.2, -0.15) is 0 Å².